The third-order valence-electron chi connectivity index (χ3n) is 3.47. The van der Waals surface area contributed by atoms with Gasteiger partial charge in [0.15, 0.2) is 0 Å². The minimum Gasteiger partial charge on any atom is -0.383 e. The van der Waals surface area contributed by atoms with Crippen LogP contribution in [0.4, 0.5) is 0 Å². The first-order valence-electron chi connectivity index (χ1n) is 7.34. The van der Waals surface area contributed by atoms with Gasteiger partial charge < -0.3 is 14.6 Å². The Morgan fingerprint density at radius 3 is 2.90 bits per heavy atom. The fourth-order valence-electron chi connectivity index (χ4n) is 2.12. The highest BCUT2D eigenvalue weighted by atomic mass is 16.5. The molecule has 0 fully saturated rings. The van der Waals surface area contributed by atoms with Gasteiger partial charge >= 0.3 is 0 Å². The zero-order chi connectivity index (χ0) is 14.8. The first kappa shape index (κ1) is 16.7. The Morgan fingerprint density at radius 1 is 1.40 bits per heavy atom. The summed E-state index contributed by atoms with van der Waals surface area (Å²) in [4.78, 5) is 0. The molecule has 1 aromatic heterocycles. The number of nitrogens with zero attached hydrogens (tertiary/aromatic N) is 2. The lowest BCUT2D eigenvalue weighted by molar-refractivity contribution is 0.199. The summed E-state index contributed by atoms with van der Waals surface area (Å²) < 4.78 is 7.31. The molecule has 0 saturated carbocycles. The van der Waals surface area contributed by atoms with Crippen molar-refractivity contribution in [3.63, 3.8) is 0 Å². The average Bonchev–Trinajstić information content (AvgIpc) is 2.87. The summed E-state index contributed by atoms with van der Waals surface area (Å²) in [5.41, 5.74) is 1.11. The van der Waals surface area contributed by atoms with Crippen LogP contribution in [0.15, 0.2) is 18.3 Å². The molecule has 0 atom stereocenters. The van der Waals surface area contributed by atoms with Crippen molar-refractivity contribution in [2.24, 2.45) is 5.41 Å². The summed E-state index contributed by atoms with van der Waals surface area (Å²) in [6, 6.07) is 6.60. The van der Waals surface area contributed by atoms with E-state index in [2.05, 4.69) is 34.3 Å². The van der Waals surface area contributed by atoms with Crippen LogP contribution in [0.1, 0.15) is 38.8 Å². The minimum absolute atomic E-state index is 0.193. The van der Waals surface area contributed by atoms with Gasteiger partial charge in [-0.2, -0.15) is 5.26 Å². The number of hydrogen-bond acceptors (Lipinski definition) is 3. The molecule has 0 radical (unpaired) electrons. The van der Waals surface area contributed by atoms with Crippen molar-refractivity contribution in [3.8, 4) is 6.07 Å². The summed E-state index contributed by atoms with van der Waals surface area (Å²) in [5, 5.41) is 12.4. The van der Waals surface area contributed by atoms with Crippen LogP contribution in [-0.4, -0.2) is 24.8 Å². The van der Waals surface area contributed by atoms with Gasteiger partial charge in [-0.25, -0.2) is 0 Å². The number of hydrogen-bond donors (Lipinski definition) is 1. The van der Waals surface area contributed by atoms with Crippen molar-refractivity contribution >= 4 is 0 Å². The predicted octanol–water partition coefficient (Wildman–Crippen LogP) is 2.94. The van der Waals surface area contributed by atoms with Crippen LogP contribution in [0, 0.1) is 16.7 Å². The molecule has 0 aliphatic carbocycles. The van der Waals surface area contributed by atoms with Gasteiger partial charge in [0.25, 0.3) is 0 Å². The highest BCUT2D eigenvalue weighted by molar-refractivity contribution is 5.06. The van der Waals surface area contributed by atoms with Crippen LogP contribution >= 0.6 is 0 Å². The van der Waals surface area contributed by atoms with Crippen LogP contribution in [-0.2, 0) is 17.8 Å². The van der Waals surface area contributed by atoms with Crippen molar-refractivity contribution in [2.75, 3.05) is 20.3 Å². The molecule has 20 heavy (non-hydrogen) atoms. The molecule has 0 aliphatic rings. The monoisotopic (exact) mass is 277 g/mol. The number of methoxy groups -OCH3 is 1. The molecule has 4 nitrogen and oxygen atoms in total. The van der Waals surface area contributed by atoms with Gasteiger partial charge in [0, 0.05) is 38.6 Å². The molecular weight excluding hydrogens is 250 g/mol. The molecule has 0 unspecified atom stereocenters. The largest absolute Gasteiger partial charge is 0.383 e. The third-order valence-corrected chi connectivity index (χ3v) is 3.47. The van der Waals surface area contributed by atoms with Crippen molar-refractivity contribution in [2.45, 2.75) is 46.2 Å². The van der Waals surface area contributed by atoms with E-state index in [1.165, 1.54) is 5.69 Å². The second-order valence-corrected chi connectivity index (χ2v) is 5.82. The summed E-state index contributed by atoms with van der Waals surface area (Å²) in [7, 11) is 1.72. The standard InChI is InChI=1S/C16H27N3O/c1-16(2,14-17)8-4-5-10-19-11-6-7-15(19)13-18-9-12-20-3/h6-7,11,18H,4-5,8-10,12-13H2,1-3H3. The van der Waals surface area contributed by atoms with E-state index in [1.807, 2.05) is 13.8 Å². The molecule has 0 saturated heterocycles. The Kier molecular flexibility index (Phi) is 7.35. The second kappa shape index (κ2) is 8.78. The maximum Gasteiger partial charge on any atom is 0.0683 e. The predicted molar refractivity (Wildman–Crippen MR) is 81.3 cm³/mol. The lowest BCUT2D eigenvalue weighted by atomic mass is 9.89. The van der Waals surface area contributed by atoms with E-state index in [-0.39, 0.29) is 5.41 Å². The summed E-state index contributed by atoms with van der Waals surface area (Å²) in [6.45, 7) is 7.53. The number of aromatic nitrogens is 1. The maximum atomic E-state index is 8.99. The van der Waals surface area contributed by atoms with Crippen LogP contribution in [0.25, 0.3) is 0 Å². The lowest BCUT2D eigenvalue weighted by Crippen LogP contribution is -2.20. The van der Waals surface area contributed by atoms with Crippen LogP contribution < -0.4 is 5.32 Å². The average molecular weight is 277 g/mol. The number of unbranched alkanes of at least 4 members (excludes halogenated alkanes) is 1. The summed E-state index contributed by atoms with van der Waals surface area (Å²) >= 11 is 0. The molecule has 112 valence electrons. The molecule has 0 amide bonds. The van der Waals surface area contributed by atoms with Gasteiger partial charge in [-0.3, -0.25) is 0 Å². The van der Waals surface area contributed by atoms with Gasteiger partial charge in [0.2, 0.25) is 0 Å². The number of nitrogens with one attached hydrogen (secondary N) is 1. The molecule has 0 spiro atoms. The van der Waals surface area contributed by atoms with E-state index in [0.29, 0.717) is 0 Å². The van der Waals surface area contributed by atoms with Crippen LogP contribution in [0.2, 0.25) is 0 Å². The number of rotatable bonds is 10. The number of aryl methyl sites for hydroxylation is 1. The van der Waals surface area contributed by atoms with E-state index >= 15 is 0 Å². The number of nitriles is 1. The van der Waals surface area contributed by atoms with E-state index in [0.717, 1.165) is 45.5 Å². The van der Waals surface area contributed by atoms with Crippen molar-refractivity contribution in [1.29, 1.82) is 5.26 Å². The van der Waals surface area contributed by atoms with Gasteiger partial charge in [0.1, 0.15) is 0 Å². The molecule has 1 rings (SSSR count). The van der Waals surface area contributed by atoms with E-state index in [4.69, 9.17) is 10.00 Å². The van der Waals surface area contributed by atoms with Crippen LogP contribution in [0.3, 0.4) is 0 Å². The van der Waals surface area contributed by atoms with E-state index in [1.54, 1.807) is 7.11 Å². The summed E-state index contributed by atoms with van der Waals surface area (Å²) in [5.74, 6) is 0. The molecule has 1 heterocycles. The quantitative estimate of drug-likeness (QED) is 0.669. The molecule has 4 heteroatoms. The fourth-order valence-corrected chi connectivity index (χ4v) is 2.12. The molecule has 1 aromatic rings. The van der Waals surface area contributed by atoms with Gasteiger partial charge in [-0.05, 0) is 38.8 Å². The topological polar surface area (TPSA) is 50.0 Å². The highest BCUT2D eigenvalue weighted by Crippen LogP contribution is 2.21. The smallest absolute Gasteiger partial charge is 0.0683 e. The SMILES string of the molecule is COCCNCc1cccn1CCCCC(C)(C)C#N. The Bertz CT molecular complexity index is 418. The Morgan fingerprint density at radius 2 is 2.20 bits per heavy atom. The Hall–Kier alpha value is -1.31. The van der Waals surface area contributed by atoms with E-state index < -0.39 is 0 Å². The van der Waals surface area contributed by atoms with Crippen molar-refractivity contribution in [3.05, 3.63) is 24.0 Å². The molecule has 0 bridgehead atoms. The maximum absolute atomic E-state index is 8.99. The molecule has 1 N–H and O–H groups in total. The van der Waals surface area contributed by atoms with Gasteiger partial charge in [-0.1, -0.05) is 6.42 Å². The normalized spacial score (nSPS) is 11.5. The van der Waals surface area contributed by atoms with E-state index in [9.17, 15) is 0 Å². The lowest BCUT2D eigenvalue weighted by Gasteiger charge is -2.15. The molecule has 0 aliphatic heterocycles. The zero-order valence-electron chi connectivity index (χ0n) is 13.0. The molecular formula is C16H27N3O. The fraction of sp³-hybridized carbons (Fsp3) is 0.688. The zero-order valence-corrected chi connectivity index (χ0v) is 13.0. The first-order valence-corrected chi connectivity index (χ1v) is 7.34. The molecule has 0 aromatic carbocycles. The number of ether oxygens (including phenoxy) is 1. The Labute approximate surface area is 122 Å². The van der Waals surface area contributed by atoms with Crippen molar-refractivity contribution in [1.82, 2.24) is 9.88 Å². The highest BCUT2D eigenvalue weighted by Gasteiger charge is 2.15. The first-order chi connectivity index (χ1) is 9.59. The minimum atomic E-state index is -0.193. The summed E-state index contributed by atoms with van der Waals surface area (Å²) in [6.07, 6.45) is 5.30. The van der Waals surface area contributed by atoms with Crippen molar-refractivity contribution < 1.29 is 4.74 Å². The van der Waals surface area contributed by atoms with Crippen LogP contribution in [0.5, 0.6) is 0 Å². The van der Waals surface area contributed by atoms with Gasteiger partial charge in [0.05, 0.1) is 18.1 Å². The Balaban J connectivity index is 2.27. The second-order valence-electron chi connectivity index (χ2n) is 5.82. The third kappa shape index (κ3) is 6.23. The van der Waals surface area contributed by atoms with Gasteiger partial charge in [-0.15, -0.1) is 0 Å².